The van der Waals surface area contributed by atoms with E-state index in [1.807, 2.05) is 58.0 Å². The maximum atomic E-state index is 12.5. The third-order valence-electron chi connectivity index (χ3n) is 4.74. The molecule has 0 aliphatic rings. The van der Waals surface area contributed by atoms with Gasteiger partial charge >= 0.3 is 5.97 Å². The van der Waals surface area contributed by atoms with Crippen LogP contribution in [0.25, 0.3) is 0 Å². The van der Waals surface area contributed by atoms with E-state index in [9.17, 15) is 9.59 Å². The van der Waals surface area contributed by atoms with Crippen LogP contribution < -0.4 is 10.1 Å². The zero-order valence-corrected chi connectivity index (χ0v) is 18.4. The Hall–Kier alpha value is -2.82. The standard InChI is InChI=1S/C24H31NO4/c1-14(2)20-9-8-15(3)12-21(20)28-13-22(26)29-19(7)24(27)25-23-17(5)10-16(4)11-18(23)6/h8-12,14,19H,13H2,1-7H3,(H,25,27). The Kier molecular flexibility index (Phi) is 7.43. The van der Waals surface area contributed by atoms with Crippen molar-refractivity contribution in [1.29, 1.82) is 0 Å². The predicted octanol–water partition coefficient (Wildman–Crippen LogP) is 4.99. The molecule has 1 amide bonds. The lowest BCUT2D eigenvalue weighted by atomic mass is 10.0. The predicted molar refractivity (Wildman–Crippen MR) is 116 cm³/mol. The van der Waals surface area contributed by atoms with Crippen LogP contribution in [0, 0.1) is 27.7 Å². The number of esters is 1. The normalized spacial score (nSPS) is 11.9. The second-order valence-electron chi connectivity index (χ2n) is 7.88. The van der Waals surface area contributed by atoms with Gasteiger partial charge in [0.2, 0.25) is 0 Å². The Morgan fingerprint density at radius 1 is 0.931 bits per heavy atom. The van der Waals surface area contributed by atoms with Gasteiger partial charge in [0, 0.05) is 5.69 Å². The number of benzene rings is 2. The van der Waals surface area contributed by atoms with E-state index in [0.29, 0.717) is 5.75 Å². The maximum absolute atomic E-state index is 12.5. The van der Waals surface area contributed by atoms with Crippen molar-refractivity contribution in [2.24, 2.45) is 0 Å². The molecule has 2 aromatic rings. The Morgan fingerprint density at radius 2 is 1.55 bits per heavy atom. The van der Waals surface area contributed by atoms with Crippen LogP contribution in [0.3, 0.4) is 0 Å². The topological polar surface area (TPSA) is 64.6 Å². The summed E-state index contributed by atoms with van der Waals surface area (Å²) in [5.41, 5.74) is 5.90. The summed E-state index contributed by atoms with van der Waals surface area (Å²) in [5.74, 6) is -0.0136. The molecule has 0 aliphatic heterocycles. The largest absolute Gasteiger partial charge is 0.482 e. The summed E-state index contributed by atoms with van der Waals surface area (Å²) < 4.78 is 10.9. The van der Waals surface area contributed by atoms with Gasteiger partial charge in [-0.15, -0.1) is 0 Å². The van der Waals surface area contributed by atoms with Crippen molar-refractivity contribution >= 4 is 17.6 Å². The van der Waals surface area contributed by atoms with Crippen LogP contribution >= 0.6 is 0 Å². The quantitative estimate of drug-likeness (QED) is 0.668. The SMILES string of the molecule is Cc1cc(C)c(NC(=O)C(C)OC(=O)COc2cc(C)ccc2C(C)C)c(C)c1. The summed E-state index contributed by atoms with van der Waals surface area (Å²) in [4.78, 5) is 24.7. The molecule has 29 heavy (non-hydrogen) atoms. The molecule has 0 bridgehead atoms. The molecular weight excluding hydrogens is 366 g/mol. The maximum Gasteiger partial charge on any atom is 0.344 e. The minimum atomic E-state index is -0.923. The van der Waals surface area contributed by atoms with Crippen molar-refractivity contribution in [3.8, 4) is 5.75 Å². The fourth-order valence-corrected chi connectivity index (χ4v) is 3.27. The lowest BCUT2D eigenvalue weighted by Crippen LogP contribution is -2.32. The van der Waals surface area contributed by atoms with E-state index < -0.39 is 12.1 Å². The summed E-state index contributed by atoms with van der Waals surface area (Å²) in [7, 11) is 0. The zero-order valence-electron chi connectivity index (χ0n) is 18.4. The zero-order chi connectivity index (χ0) is 21.7. The molecule has 2 rings (SSSR count). The van der Waals surface area contributed by atoms with Gasteiger partial charge in [-0.25, -0.2) is 4.79 Å². The van der Waals surface area contributed by atoms with E-state index in [2.05, 4.69) is 19.2 Å². The Labute approximate surface area is 173 Å². The van der Waals surface area contributed by atoms with Gasteiger partial charge in [-0.1, -0.05) is 43.7 Å². The molecule has 156 valence electrons. The summed E-state index contributed by atoms with van der Waals surface area (Å²) in [6.45, 7) is 13.3. The molecule has 0 spiro atoms. The van der Waals surface area contributed by atoms with E-state index in [0.717, 1.165) is 33.5 Å². The number of amides is 1. The first-order valence-corrected chi connectivity index (χ1v) is 9.90. The van der Waals surface area contributed by atoms with Gasteiger partial charge in [-0.2, -0.15) is 0 Å². The molecular formula is C24H31NO4. The van der Waals surface area contributed by atoms with Gasteiger partial charge < -0.3 is 14.8 Å². The van der Waals surface area contributed by atoms with Crippen LogP contribution in [0.4, 0.5) is 5.69 Å². The molecule has 0 radical (unpaired) electrons. The van der Waals surface area contributed by atoms with Crippen LogP contribution in [-0.2, 0) is 14.3 Å². The van der Waals surface area contributed by atoms with Gasteiger partial charge in [0.1, 0.15) is 5.75 Å². The number of carbonyl (C=O) groups is 2. The first-order valence-electron chi connectivity index (χ1n) is 9.90. The number of rotatable bonds is 7. The van der Waals surface area contributed by atoms with Crippen molar-refractivity contribution in [2.45, 2.75) is 60.5 Å². The number of hydrogen-bond acceptors (Lipinski definition) is 4. The molecule has 0 saturated heterocycles. The van der Waals surface area contributed by atoms with Gasteiger partial charge in [-0.05, 0) is 68.9 Å². The van der Waals surface area contributed by atoms with E-state index in [1.165, 1.54) is 0 Å². The Balaban J connectivity index is 1.96. The third-order valence-corrected chi connectivity index (χ3v) is 4.74. The van der Waals surface area contributed by atoms with Crippen molar-refractivity contribution < 1.29 is 19.1 Å². The minimum Gasteiger partial charge on any atom is -0.482 e. The minimum absolute atomic E-state index is 0.247. The smallest absolute Gasteiger partial charge is 0.344 e. The summed E-state index contributed by atoms with van der Waals surface area (Å²) in [6, 6.07) is 9.93. The molecule has 5 nitrogen and oxygen atoms in total. The Morgan fingerprint density at radius 3 is 2.14 bits per heavy atom. The molecule has 0 saturated carbocycles. The fourth-order valence-electron chi connectivity index (χ4n) is 3.27. The van der Waals surface area contributed by atoms with E-state index in [1.54, 1.807) is 6.92 Å². The number of hydrogen-bond donors (Lipinski definition) is 1. The van der Waals surface area contributed by atoms with Crippen molar-refractivity contribution in [1.82, 2.24) is 0 Å². The second kappa shape index (κ2) is 9.59. The second-order valence-corrected chi connectivity index (χ2v) is 7.88. The number of anilines is 1. The fraction of sp³-hybridized carbons (Fsp3) is 0.417. The van der Waals surface area contributed by atoms with Gasteiger partial charge in [-0.3, -0.25) is 4.79 Å². The number of ether oxygens (including phenoxy) is 2. The van der Waals surface area contributed by atoms with E-state index >= 15 is 0 Å². The number of nitrogens with one attached hydrogen (secondary N) is 1. The average molecular weight is 398 g/mol. The monoisotopic (exact) mass is 397 g/mol. The van der Waals surface area contributed by atoms with Crippen LogP contribution in [0.1, 0.15) is 54.5 Å². The highest BCUT2D eigenvalue weighted by Crippen LogP contribution is 2.27. The molecule has 1 atom stereocenters. The average Bonchev–Trinajstić information content (AvgIpc) is 2.62. The molecule has 0 fully saturated rings. The summed E-state index contributed by atoms with van der Waals surface area (Å²) >= 11 is 0. The molecule has 0 heterocycles. The van der Waals surface area contributed by atoms with Crippen LogP contribution in [0.15, 0.2) is 30.3 Å². The summed E-state index contributed by atoms with van der Waals surface area (Å²) in [5, 5.41) is 2.86. The highest BCUT2D eigenvalue weighted by atomic mass is 16.6. The highest BCUT2D eigenvalue weighted by Gasteiger charge is 2.20. The molecule has 1 unspecified atom stereocenters. The molecule has 0 aromatic heterocycles. The van der Waals surface area contributed by atoms with E-state index in [4.69, 9.17) is 9.47 Å². The lowest BCUT2D eigenvalue weighted by Gasteiger charge is -2.18. The van der Waals surface area contributed by atoms with Gasteiger partial charge in [0.15, 0.2) is 12.7 Å². The molecule has 0 aliphatic carbocycles. The van der Waals surface area contributed by atoms with Crippen LogP contribution in [0.2, 0.25) is 0 Å². The van der Waals surface area contributed by atoms with Crippen molar-refractivity contribution in [2.75, 3.05) is 11.9 Å². The van der Waals surface area contributed by atoms with Gasteiger partial charge in [0.05, 0.1) is 0 Å². The molecule has 1 N–H and O–H groups in total. The third kappa shape index (κ3) is 6.08. The summed E-state index contributed by atoms with van der Waals surface area (Å²) in [6.07, 6.45) is -0.923. The first kappa shape index (κ1) is 22.5. The van der Waals surface area contributed by atoms with Crippen LogP contribution in [0.5, 0.6) is 5.75 Å². The number of aryl methyl sites for hydroxylation is 4. The molecule has 5 heteroatoms. The lowest BCUT2D eigenvalue weighted by molar-refractivity contribution is -0.155. The van der Waals surface area contributed by atoms with Gasteiger partial charge in [0.25, 0.3) is 5.91 Å². The number of carbonyl (C=O) groups excluding carboxylic acids is 2. The van der Waals surface area contributed by atoms with Crippen molar-refractivity contribution in [3.05, 3.63) is 58.1 Å². The Bertz CT molecular complexity index is 879. The highest BCUT2D eigenvalue weighted by molar-refractivity contribution is 5.96. The first-order chi connectivity index (χ1) is 13.6. The van der Waals surface area contributed by atoms with Crippen molar-refractivity contribution in [3.63, 3.8) is 0 Å². The molecule has 2 aromatic carbocycles. The van der Waals surface area contributed by atoms with Crippen LogP contribution in [-0.4, -0.2) is 24.6 Å². The van der Waals surface area contributed by atoms with E-state index in [-0.39, 0.29) is 18.4 Å².